The molecule has 132 valence electrons. The number of anilines is 1. The zero-order valence-corrected chi connectivity index (χ0v) is 14.0. The molecule has 2 rings (SSSR count). The summed E-state index contributed by atoms with van der Waals surface area (Å²) in [4.78, 5) is 22.0. The molecule has 9 nitrogen and oxygen atoms in total. The SMILES string of the molecule is CS(=O)(=O)N(C(N)=O)c1ccc([N+](=O)[O-])cc1OC1CCCCC1. The monoisotopic (exact) mass is 357 g/mol. The van der Waals surface area contributed by atoms with Crippen molar-refractivity contribution in [3.05, 3.63) is 28.3 Å². The summed E-state index contributed by atoms with van der Waals surface area (Å²) in [5, 5.41) is 11.0. The van der Waals surface area contributed by atoms with Crippen molar-refractivity contribution in [3.8, 4) is 5.75 Å². The minimum absolute atomic E-state index is 0.0414. The second-order valence-electron chi connectivity index (χ2n) is 5.65. The Balaban J connectivity index is 2.48. The Labute approximate surface area is 139 Å². The van der Waals surface area contributed by atoms with E-state index < -0.39 is 21.0 Å². The van der Waals surface area contributed by atoms with Gasteiger partial charge in [-0.25, -0.2) is 13.2 Å². The highest BCUT2D eigenvalue weighted by molar-refractivity contribution is 7.92. The van der Waals surface area contributed by atoms with Crippen molar-refractivity contribution in [1.29, 1.82) is 0 Å². The van der Waals surface area contributed by atoms with Crippen LogP contribution in [0.2, 0.25) is 0 Å². The second-order valence-corrected chi connectivity index (χ2v) is 7.48. The fraction of sp³-hybridized carbons (Fsp3) is 0.500. The molecule has 1 aliphatic rings. The summed E-state index contributed by atoms with van der Waals surface area (Å²) in [5.41, 5.74) is 4.79. The van der Waals surface area contributed by atoms with Gasteiger partial charge in [-0.3, -0.25) is 10.1 Å². The molecule has 0 saturated heterocycles. The summed E-state index contributed by atoms with van der Waals surface area (Å²) in [5.74, 6) is -0.0414. The zero-order chi connectivity index (χ0) is 17.9. The first-order valence-electron chi connectivity index (χ1n) is 7.45. The third kappa shape index (κ3) is 4.13. The Bertz CT molecular complexity index is 743. The average molecular weight is 357 g/mol. The molecule has 0 aliphatic heterocycles. The van der Waals surface area contributed by atoms with Crippen molar-refractivity contribution in [1.82, 2.24) is 0 Å². The number of nitrogens with zero attached hydrogens (tertiary/aromatic N) is 2. The molecule has 10 heteroatoms. The molecule has 0 bridgehead atoms. The summed E-state index contributed by atoms with van der Waals surface area (Å²) < 4.78 is 29.9. The van der Waals surface area contributed by atoms with Gasteiger partial charge in [-0.05, 0) is 31.7 Å². The summed E-state index contributed by atoms with van der Waals surface area (Å²) in [7, 11) is -4.00. The Hall–Kier alpha value is -2.36. The van der Waals surface area contributed by atoms with Gasteiger partial charge in [0, 0.05) is 6.07 Å². The molecule has 0 aromatic heterocycles. The number of hydrogen-bond donors (Lipinski definition) is 1. The maximum Gasteiger partial charge on any atom is 0.333 e. The summed E-state index contributed by atoms with van der Waals surface area (Å²) >= 11 is 0. The normalized spacial score (nSPS) is 15.7. The molecule has 1 aliphatic carbocycles. The molecule has 0 heterocycles. The van der Waals surface area contributed by atoms with Gasteiger partial charge in [-0.1, -0.05) is 6.42 Å². The van der Waals surface area contributed by atoms with E-state index >= 15 is 0 Å². The lowest BCUT2D eigenvalue weighted by molar-refractivity contribution is -0.384. The van der Waals surface area contributed by atoms with E-state index in [1.165, 1.54) is 0 Å². The fourth-order valence-electron chi connectivity index (χ4n) is 2.70. The first kappa shape index (κ1) is 18.0. The molecule has 1 fully saturated rings. The van der Waals surface area contributed by atoms with Crippen molar-refractivity contribution in [2.24, 2.45) is 5.73 Å². The first-order chi connectivity index (χ1) is 11.2. The van der Waals surface area contributed by atoms with Gasteiger partial charge in [0.15, 0.2) is 5.75 Å². The van der Waals surface area contributed by atoms with Crippen LogP contribution in [0.1, 0.15) is 32.1 Å². The predicted molar refractivity (Wildman–Crippen MR) is 87.5 cm³/mol. The van der Waals surface area contributed by atoms with Gasteiger partial charge in [-0.15, -0.1) is 0 Å². The molecule has 0 unspecified atom stereocenters. The van der Waals surface area contributed by atoms with Crippen LogP contribution in [-0.4, -0.2) is 31.7 Å². The lowest BCUT2D eigenvalue weighted by atomic mass is 9.98. The molecule has 2 N–H and O–H groups in total. The summed E-state index contributed by atoms with van der Waals surface area (Å²) in [6.45, 7) is 0. The second kappa shape index (κ2) is 7.04. The van der Waals surface area contributed by atoms with Gasteiger partial charge in [0.05, 0.1) is 23.3 Å². The average Bonchev–Trinajstić information content (AvgIpc) is 2.48. The third-order valence-electron chi connectivity index (χ3n) is 3.75. The van der Waals surface area contributed by atoms with E-state index in [9.17, 15) is 23.3 Å². The van der Waals surface area contributed by atoms with Crippen LogP contribution in [0.4, 0.5) is 16.2 Å². The quantitative estimate of drug-likeness (QED) is 0.634. The fourth-order valence-corrected chi connectivity index (χ4v) is 3.54. The van der Waals surface area contributed by atoms with Gasteiger partial charge in [0.1, 0.15) is 5.69 Å². The maximum absolute atomic E-state index is 11.9. The minimum atomic E-state index is -4.00. The number of nitro benzene ring substituents is 1. The third-order valence-corrected chi connectivity index (χ3v) is 4.79. The lowest BCUT2D eigenvalue weighted by Crippen LogP contribution is -2.40. The van der Waals surface area contributed by atoms with Gasteiger partial charge in [-0.2, -0.15) is 4.31 Å². The number of nitro groups is 1. The minimum Gasteiger partial charge on any atom is -0.488 e. The largest absolute Gasteiger partial charge is 0.488 e. The topological polar surface area (TPSA) is 133 Å². The molecule has 24 heavy (non-hydrogen) atoms. The number of carbonyl (C=O) groups is 1. The first-order valence-corrected chi connectivity index (χ1v) is 9.30. The number of non-ortho nitro benzene ring substituents is 1. The maximum atomic E-state index is 11.9. The number of benzene rings is 1. The number of carbonyl (C=O) groups excluding carboxylic acids is 1. The Kier molecular flexibility index (Phi) is 5.27. The number of rotatable bonds is 5. The summed E-state index contributed by atoms with van der Waals surface area (Å²) in [6.07, 6.45) is 5.16. The van der Waals surface area contributed by atoms with E-state index in [2.05, 4.69) is 0 Å². The molecule has 0 spiro atoms. The lowest BCUT2D eigenvalue weighted by Gasteiger charge is -2.26. The van der Waals surface area contributed by atoms with E-state index in [4.69, 9.17) is 10.5 Å². The number of ether oxygens (including phenoxy) is 1. The van der Waals surface area contributed by atoms with Crippen molar-refractivity contribution in [3.63, 3.8) is 0 Å². The van der Waals surface area contributed by atoms with E-state index in [-0.39, 0.29) is 23.2 Å². The van der Waals surface area contributed by atoms with Crippen molar-refractivity contribution < 1.29 is 22.9 Å². The van der Waals surface area contributed by atoms with E-state index in [0.717, 1.165) is 56.6 Å². The standard InChI is InChI=1S/C14H19N3O6S/c1-24(21,22)16(14(15)18)12-8-7-10(17(19)20)9-13(12)23-11-5-3-2-4-6-11/h7-9,11H,2-6H2,1H3,(H2,15,18). The summed E-state index contributed by atoms with van der Waals surface area (Å²) in [6, 6.07) is 2.16. The van der Waals surface area contributed by atoms with Crippen molar-refractivity contribution in [2.45, 2.75) is 38.2 Å². The van der Waals surface area contributed by atoms with Gasteiger partial charge in [0.2, 0.25) is 10.0 Å². The number of nitrogens with two attached hydrogens (primary N) is 1. The molecule has 0 radical (unpaired) electrons. The predicted octanol–water partition coefficient (Wildman–Crippen LogP) is 2.15. The van der Waals surface area contributed by atoms with Crippen LogP contribution >= 0.6 is 0 Å². The van der Waals surface area contributed by atoms with E-state index in [0.29, 0.717) is 4.31 Å². The Morgan fingerprint density at radius 1 is 1.33 bits per heavy atom. The number of urea groups is 1. The van der Waals surface area contributed by atoms with Crippen molar-refractivity contribution in [2.75, 3.05) is 10.6 Å². The molecule has 1 saturated carbocycles. The van der Waals surface area contributed by atoms with Crippen LogP contribution in [0.25, 0.3) is 0 Å². The highest BCUT2D eigenvalue weighted by Crippen LogP contribution is 2.36. The molecule has 1 aromatic rings. The van der Waals surface area contributed by atoms with E-state index in [1.807, 2.05) is 0 Å². The highest BCUT2D eigenvalue weighted by Gasteiger charge is 2.29. The number of amides is 2. The number of sulfonamides is 1. The Morgan fingerprint density at radius 2 is 1.96 bits per heavy atom. The highest BCUT2D eigenvalue weighted by atomic mass is 32.2. The van der Waals surface area contributed by atoms with Crippen LogP contribution in [0.5, 0.6) is 5.75 Å². The van der Waals surface area contributed by atoms with Gasteiger partial charge in [0.25, 0.3) is 5.69 Å². The van der Waals surface area contributed by atoms with Crippen LogP contribution in [0.15, 0.2) is 18.2 Å². The van der Waals surface area contributed by atoms with Crippen LogP contribution in [0, 0.1) is 10.1 Å². The Morgan fingerprint density at radius 3 is 2.46 bits per heavy atom. The van der Waals surface area contributed by atoms with Crippen LogP contribution in [0.3, 0.4) is 0 Å². The van der Waals surface area contributed by atoms with Crippen LogP contribution < -0.4 is 14.8 Å². The van der Waals surface area contributed by atoms with E-state index in [1.54, 1.807) is 0 Å². The molecular formula is C14H19N3O6S. The number of primary amides is 1. The number of hydrogen-bond acceptors (Lipinski definition) is 6. The zero-order valence-electron chi connectivity index (χ0n) is 13.2. The smallest absolute Gasteiger partial charge is 0.333 e. The molecular weight excluding hydrogens is 338 g/mol. The molecule has 1 aromatic carbocycles. The molecule has 0 atom stereocenters. The van der Waals surface area contributed by atoms with Gasteiger partial charge >= 0.3 is 6.03 Å². The van der Waals surface area contributed by atoms with Crippen molar-refractivity contribution >= 4 is 27.4 Å². The van der Waals surface area contributed by atoms with Crippen LogP contribution in [-0.2, 0) is 10.0 Å². The molecule has 2 amide bonds. The van der Waals surface area contributed by atoms with Gasteiger partial charge < -0.3 is 10.5 Å².